The average Bonchev–Trinajstić information content (AvgIpc) is 3.11. The fourth-order valence-corrected chi connectivity index (χ4v) is 2.80. The van der Waals surface area contributed by atoms with Crippen LogP contribution in [0.1, 0.15) is 0 Å². The summed E-state index contributed by atoms with van der Waals surface area (Å²) in [5, 5.41) is 8.88. The van der Waals surface area contributed by atoms with Gasteiger partial charge in [-0.05, 0) is 48.5 Å². The van der Waals surface area contributed by atoms with E-state index in [1.165, 1.54) is 0 Å². The number of hydrogen-bond donors (Lipinski definition) is 0. The van der Waals surface area contributed by atoms with Crippen molar-refractivity contribution in [3.8, 4) is 22.8 Å². The van der Waals surface area contributed by atoms with E-state index in [0.29, 0.717) is 11.5 Å². The van der Waals surface area contributed by atoms with Gasteiger partial charge in [-0.1, -0.05) is 12.1 Å². The predicted octanol–water partition coefficient (Wildman–Crippen LogP) is 5.43. The molecule has 0 aliphatic rings. The van der Waals surface area contributed by atoms with Crippen molar-refractivity contribution < 1.29 is 9.47 Å². The van der Waals surface area contributed by atoms with E-state index < -0.39 is 0 Å². The van der Waals surface area contributed by atoms with Gasteiger partial charge < -0.3 is 9.47 Å². The molecule has 0 saturated heterocycles. The average molecular weight is 358 g/mol. The van der Waals surface area contributed by atoms with Crippen LogP contribution in [0.3, 0.4) is 0 Å². The molecule has 0 spiro atoms. The van der Waals surface area contributed by atoms with Gasteiger partial charge in [0.05, 0.1) is 19.9 Å². The lowest BCUT2D eigenvalue weighted by atomic mass is 10.1. The fourth-order valence-electron chi connectivity index (χ4n) is 2.80. The van der Waals surface area contributed by atoms with E-state index in [2.05, 4.69) is 10.2 Å². The lowest BCUT2D eigenvalue weighted by molar-refractivity contribution is 0.415. The molecule has 4 aromatic rings. The van der Waals surface area contributed by atoms with Crippen molar-refractivity contribution in [3.05, 3.63) is 72.9 Å². The molecular weight excluding hydrogens is 340 g/mol. The zero-order valence-electron chi connectivity index (χ0n) is 15.0. The van der Waals surface area contributed by atoms with Gasteiger partial charge in [0, 0.05) is 17.8 Å². The number of aromatic nitrogens is 2. The van der Waals surface area contributed by atoms with Crippen molar-refractivity contribution in [1.82, 2.24) is 9.38 Å². The summed E-state index contributed by atoms with van der Waals surface area (Å²) in [6.45, 7) is 0. The van der Waals surface area contributed by atoms with Crippen molar-refractivity contribution >= 4 is 17.2 Å². The van der Waals surface area contributed by atoms with E-state index in [1.807, 2.05) is 77.3 Å². The first-order chi connectivity index (χ1) is 13.3. The standard InChI is InChI=1S/C21H18N4O2/c1-26-17-11-9-15(10-12-17)20-21(25-13-4-3-8-19(25)22-20)24-23-16-6-5-7-18(14-16)27-2/h3-14H,1-2H3. The number of benzene rings is 2. The van der Waals surface area contributed by atoms with Crippen LogP contribution in [0.25, 0.3) is 16.9 Å². The number of rotatable bonds is 5. The maximum Gasteiger partial charge on any atom is 0.187 e. The number of imidazole rings is 1. The molecule has 6 heteroatoms. The van der Waals surface area contributed by atoms with Gasteiger partial charge in [-0.2, -0.15) is 0 Å². The Hall–Kier alpha value is -3.67. The van der Waals surface area contributed by atoms with Crippen LogP contribution in [0.4, 0.5) is 11.5 Å². The summed E-state index contributed by atoms with van der Waals surface area (Å²) in [6, 6.07) is 21.0. The lowest BCUT2D eigenvalue weighted by Crippen LogP contribution is -1.84. The van der Waals surface area contributed by atoms with Crippen LogP contribution in [0.5, 0.6) is 11.5 Å². The Morgan fingerprint density at radius 3 is 2.41 bits per heavy atom. The first-order valence-electron chi connectivity index (χ1n) is 8.46. The van der Waals surface area contributed by atoms with E-state index >= 15 is 0 Å². The summed E-state index contributed by atoms with van der Waals surface area (Å²) in [4.78, 5) is 4.73. The second-order valence-electron chi connectivity index (χ2n) is 5.84. The molecule has 0 atom stereocenters. The Morgan fingerprint density at radius 1 is 0.815 bits per heavy atom. The molecule has 0 bridgehead atoms. The van der Waals surface area contributed by atoms with E-state index in [4.69, 9.17) is 14.5 Å². The zero-order valence-corrected chi connectivity index (χ0v) is 15.0. The number of methoxy groups -OCH3 is 2. The third-order valence-electron chi connectivity index (χ3n) is 4.18. The van der Waals surface area contributed by atoms with Crippen LogP contribution < -0.4 is 9.47 Å². The van der Waals surface area contributed by atoms with Crippen LogP contribution in [0.15, 0.2) is 83.2 Å². The summed E-state index contributed by atoms with van der Waals surface area (Å²) in [6.07, 6.45) is 1.93. The van der Waals surface area contributed by atoms with E-state index in [0.717, 1.165) is 28.4 Å². The van der Waals surface area contributed by atoms with Gasteiger partial charge in [0.1, 0.15) is 22.8 Å². The number of ether oxygens (including phenoxy) is 2. The van der Waals surface area contributed by atoms with Gasteiger partial charge in [0.15, 0.2) is 5.82 Å². The Morgan fingerprint density at radius 2 is 1.63 bits per heavy atom. The summed E-state index contributed by atoms with van der Waals surface area (Å²) >= 11 is 0. The number of azo groups is 1. The highest BCUT2D eigenvalue weighted by Gasteiger charge is 2.14. The van der Waals surface area contributed by atoms with Crippen molar-refractivity contribution in [2.75, 3.05) is 14.2 Å². The Balaban J connectivity index is 1.81. The molecule has 6 nitrogen and oxygen atoms in total. The number of hydrogen-bond acceptors (Lipinski definition) is 5. The molecule has 27 heavy (non-hydrogen) atoms. The van der Waals surface area contributed by atoms with Gasteiger partial charge >= 0.3 is 0 Å². The van der Waals surface area contributed by atoms with Crippen LogP contribution in [0.2, 0.25) is 0 Å². The second kappa shape index (κ2) is 7.29. The predicted molar refractivity (Wildman–Crippen MR) is 104 cm³/mol. The molecule has 0 N–H and O–H groups in total. The molecule has 0 amide bonds. The number of nitrogens with zero attached hydrogens (tertiary/aromatic N) is 4. The largest absolute Gasteiger partial charge is 0.497 e. The maximum atomic E-state index is 5.25. The molecule has 0 aliphatic carbocycles. The Bertz CT molecular complexity index is 1100. The SMILES string of the molecule is COc1ccc(-c2nc3ccccn3c2N=Nc2cccc(OC)c2)cc1. The minimum absolute atomic E-state index is 0.665. The molecule has 0 unspecified atom stereocenters. The molecule has 4 rings (SSSR count). The van der Waals surface area contributed by atoms with Crippen molar-refractivity contribution in [2.45, 2.75) is 0 Å². The van der Waals surface area contributed by atoms with Crippen molar-refractivity contribution in [3.63, 3.8) is 0 Å². The summed E-state index contributed by atoms with van der Waals surface area (Å²) in [5.74, 6) is 2.20. The lowest BCUT2D eigenvalue weighted by Gasteiger charge is -2.02. The van der Waals surface area contributed by atoms with E-state index in [1.54, 1.807) is 14.2 Å². The number of fused-ring (bicyclic) bond motifs is 1. The van der Waals surface area contributed by atoms with Gasteiger partial charge in [-0.3, -0.25) is 4.40 Å². The van der Waals surface area contributed by atoms with Gasteiger partial charge in [-0.15, -0.1) is 10.2 Å². The van der Waals surface area contributed by atoms with Crippen LogP contribution in [0, 0.1) is 0 Å². The Labute approximate surface area is 156 Å². The molecule has 0 radical (unpaired) electrons. The first kappa shape index (κ1) is 16.8. The van der Waals surface area contributed by atoms with Gasteiger partial charge in [0.25, 0.3) is 0 Å². The van der Waals surface area contributed by atoms with Crippen LogP contribution >= 0.6 is 0 Å². The monoisotopic (exact) mass is 358 g/mol. The normalized spacial score (nSPS) is 11.2. The maximum absolute atomic E-state index is 5.25. The highest BCUT2D eigenvalue weighted by atomic mass is 16.5. The summed E-state index contributed by atoms with van der Waals surface area (Å²) in [5.41, 5.74) is 3.22. The highest BCUT2D eigenvalue weighted by molar-refractivity contribution is 5.74. The minimum atomic E-state index is 0.665. The van der Waals surface area contributed by atoms with Crippen LogP contribution in [-0.4, -0.2) is 23.6 Å². The van der Waals surface area contributed by atoms with Gasteiger partial charge in [-0.25, -0.2) is 4.98 Å². The van der Waals surface area contributed by atoms with E-state index in [9.17, 15) is 0 Å². The Kier molecular flexibility index (Phi) is 4.53. The topological polar surface area (TPSA) is 60.5 Å². The van der Waals surface area contributed by atoms with Gasteiger partial charge in [0.2, 0.25) is 0 Å². The highest BCUT2D eigenvalue weighted by Crippen LogP contribution is 2.33. The fraction of sp³-hybridized carbons (Fsp3) is 0.0952. The summed E-state index contributed by atoms with van der Waals surface area (Å²) in [7, 11) is 3.27. The third-order valence-corrected chi connectivity index (χ3v) is 4.18. The zero-order chi connectivity index (χ0) is 18.6. The molecule has 0 aliphatic heterocycles. The second-order valence-corrected chi connectivity index (χ2v) is 5.84. The van der Waals surface area contributed by atoms with E-state index in [-0.39, 0.29) is 0 Å². The van der Waals surface area contributed by atoms with Crippen LogP contribution in [-0.2, 0) is 0 Å². The molecule has 0 fully saturated rings. The minimum Gasteiger partial charge on any atom is -0.497 e. The molecular formula is C21H18N4O2. The molecule has 0 saturated carbocycles. The molecule has 2 aromatic heterocycles. The van der Waals surface area contributed by atoms with Crippen molar-refractivity contribution in [2.24, 2.45) is 10.2 Å². The first-order valence-corrected chi connectivity index (χ1v) is 8.46. The quantitative estimate of drug-likeness (QED) is 0.447. The third kappa shape index (κ3) is 3.37. The van der Waals surface area contributed by atoms with Crippen molar-refractivity contribution in [1.29, 1.82) is 0 Å². The molecule has 2 heterocycles. The smallest absolute Gasteiger partial charge is 0.187 e. The summed E-state index contributed by atoms with van der Waals surface area (Å²) < 4.78 is 12.4. The molecule has 2 aromatic carbocycles. The molecule has 134 valence electrons. The number of pyridine rings is 1.